The van der Waals surface area contributed by atoms with E-state index < -0.39 is 0 Å². The molecule has 1 aliphatic heterocycles. The van der Waals surface area contributed by atoms with E-state index in [1.54, 1.807) is 0 Å². The average molecular weight is 288 g/mol. The molecule has 1 aromatic rings. The van der Waals surface area contributed by atoms with Crippen molar-refractivity contribution in [1.29, 1.82) is 0 Å². The van der Waals surface area contributed by atoms with Gasteiger partial charge in [-0.05, 0) is 17.9 Å². The molecule has 0 saturated heterocycles. The van der Waals surface area contributed by atoms with E-state index >= 15 is 0 Å². The van der Waals surface area contributed by atoms with Gasteiger partial charge in [-0.3, -0.25) is 0 Å². The summed E-state index contributed by atoms with van der Waals surface area (Å²) in [7, 11) is 0. The largest absolute Gasteiger partial charge is 0.486 e. The Hall–Kier alpha value is -0.740. The molecule has 0 unspecified atom stereocenters. The van der Waals surface area contributed by atoms with Crippen LogP contribution in [0.25, 0.3) is 0 Å². The predicted molar refractivity (Wildman–Crippen MR) is 78.5 cm³/mol. The molecule has 0 radical (unpaired) electrons. The highest BCUT2D eigenvalue weighted by atomic mass is 35.5. The molecular formula is C13H18ClNO2S. The number of nitrogens with one attached hydrogen (secondary N) is 1. The van der Waals surface area contributed by atoms with E-state index in [-0.39, 0.29) is 0 Å². The van der Waals surface area contributed by atoms with Crippen LogP contribution >= 0.6 is 23.4 Å². The smallest absolute Gasteiger partial charge is 0.163 e. The Bertz CT molecular complexity index is 401. The molecule has 0 amide bonds. The maximum absolute atomic E-state index is 6.20. The minimum atomic E-state index is 0.588. The van der Waals surface area contributed by atoms with Gasteiger partial charge < -0.3 is 14.8 Å². The summed E-state index contributed by atoms with van der Waals surface area (Å²) < 4.78 is 11.0. The number of hydrogen-bond acceptors (Lipinski definition) is 4. The highest BCUT2D eigenvalue weighted by Crippen LogP contribution is 2.37. The van der Waals surface area contributed by atoms with Crippen molar-refractivity contribution in [2.45, 2.75) is 13.3 Å². The van der Waals surface area contributed by atoms with Crippen LogP contribution < -0.4 is 14.8 Å². The number of thioether (sulfide) groups is 1. The Morgan fingerprint density at radius 2 is 2.00 bits per heavy atom. The molecule has 0 fully saturated rings. The van der Waals surface area contributed by atoms with Crippen LogP contribution in [-0.4, -0.2) is 31.3 Å². The molecule has 18 heavy (non-hydrogen) atoms. The van der Waals surface area contributed by atoms with Crippen molar-refractivity contribution in [2.24, 2.45) is 0 Å². The molecule has 100 valence electrons. The molecule has 1 aliphatic rings. The molecule has 0 aliphatic carbocycles. The molecule has 2 rings (SSSR count). The first-order valence-electron chi connectivity index (χ1n) is 6.22. The van der Waals surface area contributed by atoms with Crippen LogP contribution in [0, 0.1) is 0 Å². The quantitative estimate of drug-likeness (QED) is 0.809. The van der Waals surface area contributed by atoms with Crippen molar-refractivity contribution in [3.8, 4) is 11.5 Å². The molecule has 0 bridgehead atoms. The van der Waals surface area contributed by atoms with Crippen LogP contribution in [0.4, 0.5) is 5.69 Å². The minimum absolute atomic E-state index is 0.588. The highest BCUT2D eigenvalue weighted by molar-refractivity contribution is 7.99. The summed E-state index contributed by atoms with van der Waals surface area (Å²) in [5.41, 5.74) is 0.919. The van der Waals surface area contributed by atoms with E-state index in [1.807, 2.05) is 23.9 Å². The summed E-state index contributed by atoms with van der Waals surface area (Å²) in [6.07, 6.45) is 1.13. The summed E-state index contributed by atoms with van der Waals surface area (Å²) >= 11 is 8.15. The maximum atomic E-state index is 6.20. The van der Waals surface area contributed by atoms with Crippen LogP contribution in [0.15, 0.2) is 12.1 Å². The van der Waals surface area contributed by atoms with Gasteiger partial charge in [0.2, 0.25) is 0 Å². The molecule has 5 heteroatoms. The van der Waals surface area contributed by atoms with E-state index in [0.29, 0.717) is 18.2 Å². The standard InChI is InChI=1S/C13H18ClNO2S/c1-2-18-7-3-4-15-11-9-13-12(8-10(11)14)16-5-6-17-13/h8-9,15H,2-7H2,1H3. The molecule has 0 atom stereocenters. The zero-order valence-corrected chi connectivity index (χ0v) is 12.1. The van der Waals surface area contributed by atoms with Gasteiger partial charge in [-0.2, -0.15) is 11.8 Å². The van der Waals surface area contributed by atoms with Gasteiger partial charge in [-0.15, -0.1) is 0 Å². The normalized spacial score (nSPS) is 13.4. The summed E-state index contributed by atoms with van der Waals surface area (Å²) in [6, 6.07) is 3.74. The SMILES string of the molecule is CCSCCCNc1cc2c(cc1Cl)OCCO2. The number of fused-ring (bicyclic) bond motifs is 1. The lowest BCUT2D eigenvalue weighted by molar-refractivity contribution is 0.171. The Balaban J connectivity index is 1.91. The molecule has 1 aromatic carbocycles. The number of benzene rings is 1. The molecular weight excluding hydrogens is 270 g/mol. The maximum Gasteiger partial charge on any atom is 0.163 e. The zero-order valence-electron chi connectivity index (χ0n) is 10.5. The summed E-state index contributed by atoms with van der Waals surface area (Å²) in [4.78, 5) is 0. The van der Waals surface area contributed by atoms with E-state index in [2.05, 4.69) is 12.2 Å². The van der Waals surface area contributed by atoms with Crippen molar-refractivity contribution >= 4 is 29.1 Å². The topological polar surface area (TPSA) is 30.5 Å². The van der Waals surface area contributed by atoms with Gasteiger partial charge in [0, 0.05) is 18.7 Å². The minimum Gasteiger partial charge on any atom is -0.486 e. The van der Waals surface area contributed by atoms with E-state index in [9.17, 15) is 0 Å². The molecule has 0 saturated carbocycles. The number of halogens is 1. The summed E-state index contributed by atoms with van der Waals surface area (Å²) in [5.74, 6) is 3.85. The lowest BCUT2D eigenvalue weighted by atomic mass is 10.2. The third kappa shape index (κ3) is 3.62. The van der Waals surface area contributed by atoms with E-state index in [4.69, 9.17) is 21.1 Å². The fourth-order valence-electron chi connectivity index (χ4n) is 1.74. The van der Waals surface area contributed by atoms with Crippen LogP contribution in [0.3, 0.4) is 0 Å². The lowest BCUT2D eigenvalue weighted by Gasteiger charge is -2.20. The predicted octanol–water partition coefficient (Wildman–Crippen LogP) is 3.67. The number of ether oxygens (including phenoxy) is 2. The molecule has 1 heterocycles. The van der Waals surface area contributed by atoms with Crippen LogP contribution in [0.2, 0.25) is 5.02 Å². The van der Waals surface area contributed by atoms with Crippen molar-refractivity contribution in [2.75, 3.05) is 36.6 Å². The number of anilines is 1. The second kappa shape index (κ2) is 7.00. The Labute approximate surface area is 117 Å². The number of hydrogen-bond donors (Lipinski definition) is 1. The van der Waals surface area contributed by atoms with Gasteiger partial charge in [0.25, 0.3) is 0 Å². The third-order valence-electron chi connectivity index (χ3n) is 2.62. The van der Waals surface area contributed by atoms with Crippen molar-refractivity contribution in [3.05, 3.63) is 17.2 Å². The van der Waals surface area contributed by atoms with Crippen molar-refractivity contribution in [1.82, 2.24) is 0 Å². The Morgan fingerprint density at radius 1 is 1.28 bits per heavy atom. The number of rotatable bonds is 6. The van der Waals surface area contributed by atoms with E-state index in [0.717, 1.165) is 30.2 Å². The fourth-order valence-corrected chi connectivity index (χ4v) is 2.60. The van der Waals surface area contributed by atoms with Crippen LogP contribution in [0.1, 0.15) is 13.3 Å². The third-order valence-corrected chi connectivity index (χ3v) is 3.92. The van der Waals surface area contributed by atoms with Gasteiger partial charge in [0.05, 0.1) is 10.7 Å². The van der Waals surface area contributed by atoms with Gasteiger partial charge in [0.1, 0.15) is 13.2 Å². The van der Waals surface area contributed by atoms with Crippen molar-refractivity contribution < 1.29 is 9.47 Å². The highest BCUT2D eigenvalue weighted by Gasteiger charge is 2.14. The monoisotopic (exact) mass is 287 g/mol. The molecule has 1 N–H and O–H groups in total. The molecule has 0 spiro atoms. The van der Waals surface area contributed by atoms with Gasteiger partial charge in [-0.1, -0.05) is 18.5 Å². The van der Waals surface area contributed by atoms with Gasteiger partial charge in [-0.25, -0.2) is 0 Å². The second-order valence-electron chi connectivity index (χ2n) is 3.95. The first kappa shape index (κ1) is 13.7. The van der Waals surface area contributed by atoms with Gasteiger partial charge >= 0.3 is 0 Å². The van der Waals surface area contributed by atoms with Crippen LogP contribution in [0.5, 0.6) is 11.5 Å². The first-order valence-corrected chi connectivity index (χ1v) is 7.75. The summed E-state index contributed by atoms with van der Waals surface area (Å²) in [5, 5.41) is 4.02. The van der Waals surface area contributed by atoms with Crippen LogP contribution in [-0.2, 0) is 0 Å². The lowest BCUT2D eigenvalue weighted by Crippen LogP contribution is -2.15. The zero-order chi connectivity index (χ0) is 12.8. The molecule has 3 nitrogen and oxygen atoms in total. The van der Waals surface area contributed by atoms with Gasteiger partial charge in [0.15, 0.2) is 11.5 Å². The van der Waals surface area contributed by atoms with Crippen molar-refractivity contribution in [3.63, 3.8) is 0 Å². The first-order chi connectivity index (χ1) is 8.81. The molecule has 0 aromatic heterocycles. The van der Waals surface area contributed by atoms with E-state index in [1.165, 1.54) is 11.5 Å². The summed E-state index contributed by atoms with van der Waals surface area (Å²) in [6.45, 7) is 4.29. The Kier molecular flexibility index (Phi) is 5.32. The second-order valence-corrected chi connectivity index (χ2v) is 5.75. The fraction of sp³-hybridized carbons (Fsp3) is 0.538. The Morgan fingerprint density at radius 3 is 2.72 bits per heavy atom. The average Bonchev–Trinajstić information content (AvgIpc) is 2.39.